The summed E-state index contributed by atoms with van der Waals surface area (Å²) in [5.74, 6) is 1.93. The Balaban J connectivity index is 1.60. The number of hydrogen-bond acceptors (Lipinski definition) is 4. The molecule has 126 valence electrons. The standard InChI is InChI=1S/C18H18BrNO4/c1-22-13-3-2-4-14(10-13)24-11-18(21)20-16-7-8-23-17-6-5-12(19)9-15(16)17/h2-6,9-10,16H,7-8,11H2,1H3,(H,20,21). The van der Waals surface area contributed by atoms with E-state index >= 15 is 0 Å². The van der Waals surface area contributed by atoms with E-state index in [2.05, 4.69) is 21.2 Å². The summed E-state index contributed by atoms with van der Waals surface area (Å²) in [5.41, 5.74) is 0.977. The largest absolute Gasteiger partial charge is 0.497 e. The van der Waals surface area contributed by atoms with E-state index in [0.717, 1.165) is 22.2 Å². The van der Waals surface area contributed by atoms with E-state index in [-0.39, 0.29) is 18.6 Å². The van der Waals surface area contributed by atoms with Gasteiger partial charge in [0.05, 0.1) is 19.8 Å². The molecular weight excluding hydrogens is 374 g/mol. The smallest absolute Gasteiger partial charge is 0.258 e. The Morgan fingerprint density at radius 2 is 2.12 bits per heavy atom. The molecule has 1 atom stereocenters. The van der Waals surface area contributed by atoms with E-state index in [9.17, 15) is 4.79 Å². The van der Waals surface area contributed by atoms with Crippen LogP contribution in [0.5, 0.6) is 17.2 Å². The van der Waals surface area contributed by atoms with Gasteiger partial charge in [-0.2, -0.15) is 0 Å². The predicted molar refractivity (Wildman–Crippen MR) is 93.6 cm³/mol. The van der Waals surface area contributed by atoms with Crippen LogP contribution in [0.25, 0.3) is 0 Å². The van der Waals surface area contributed by atoms with Crippen molar-refractivity contribution in [1.82, 2.24) is 5.32 Å². The Morgan fingerprint density at radius 1 is 1.29 bits per heavy atom. The Bertz CT molecular complexity index is 735. The van der Waals surface area contributed by atoms with Gasteiger partial charge in [0.2, 0.25) is 0 Å². The monoisotopic (exact) mass is 391 g/mol. The summed E-state index contributed by atoms with van der Waals surface area (Å²) in [6, 6.07) is 12.9. The van der Waals surface area contributed by atoms with E-state index in [1.165, 1.54) is 0 Å². The number of carbonyl (C=O) groups excluding carboxylic acids is 1. The molecule has 5 nitrogen and oxygen atoms in total. The minimum atomic E-state index is -0.171. The normalized spacial score (nSPS) is 15.8. The first-order chi connectivity index (χ1) is 11.7. The van der Waals surface area contributed by atoms with E-state index in [1.807, 2.05) is 30.3 Å². The lowest BCUT2D eigenvalue weighted by atomic mass is 10.0. The van der Waals surface area contributed by atoms with E-state index in [0.29, 0.717) is 18.1 Å². The molecule has 6 heteroatoms. The molecule has 0 aromatic heterocycles. The van der Waals surface area contributed by atoms with E-state index in [1.54, 1.807) is 19.2 Å². The highest BCUT2D eigenvalue weighted by Gasteiger charge is 2.23. The highest BCUT2D eigenvalue weighted by molar-refractivity contribution is 9.10. The van der Waals surface area contributed by atoms with Crippen molar-refractivity contribution in [3.8, 4) is 17.2 Å². The SMILES string of the molecule is COc1cccc(OCC(=O)NC2CCOc3ccc(Br)cc32)c1. The topological polar surface area (TPSA) is 56.8 Å². The zero-order valence-electron chi connectivity index (χ0n) is 13.3. The lowest BCUT2D eigenvalue weighted by molar-refractivity contribution is -0.124. The van der Waals surface area contributed by atoms with Crippen LogP contribution in [0, 0.1) is 0 Å². The Labute approximate surface area is 149 Å². The summed E-state index contributed by atoms with van der Waals surface area (Å²) in [6.07, 6.45) is 0.731. The number of halogens is 1. The molecule has 0 fully saturated rings. The number of nitrogens with one attached hydrogen (secondary N) is 1. The molecule has 1 unspecified atom stereocenters. The van der Waals surface area contributed by atoms with E-state index in [4.69, 9.17) is 14.2 Å². The number of hydrogen-bond donors (Lipinski definition) is 1. The highest BCUT2D eigenvalue weighted by Crippen LogP contribution is 2.34. The van der Waals surface area contributed by atoms with Gasteiger partial charge in [0.15, 0.2) is 6.61 Å². The molecule has 0 radical (unpaired) electrons. The first-order valence-electron chi connectivity index (χ1n) is 7.64. The van der Waals surface area contributed by atoms with Crippen LogP contribution in [-0.4, -0.2) is 26.2 Å². The van der Waals surface area contributed by atoms with Gasteiger partial charge in [-0.3, -0.25) is 4.79 Å². The van der Waals surface area contributed by atoms with Crippen molar-refractivity contribution < 1.29 is 19.0 Å². The van der Waals surface area contributed by atoms with Crippen molar-refractivity contribution in [3.05, 3.63) is 52.5 Å². The number of methoxy groups -OCH3 is 1. The lowest BCUT2D eigenvalue weighted by Gasteiger charge is -2.27. The molecule has 1 amide bonds. The Hall–Kier alpha value is -2.21. The van der Waals surface area contributed by atoms with Crippen LogP contribution >= 0.6 is 15.9 Å². The Kier molecular flexibility index (Phi) is 5.25. The third kappa shape index (κ3) is 4.00. The van der Waals surface area contributed by atoms with Crippen LogP contribution in [-0.2, 0) is 4.79 Å². The Morgan fingerprint density at radius 3 is 2.96 bits per heavy atom. The summed E-state index contributed by atoms with van der Waals surface area (Å²) < 4.78 is 17.3. The van der Waals surface area contributed by atoms with Gasteiger partial charge in [0.1, 0.15) is 17.2 Å². The second-order valence-corrected chi connectivity index (χ2v) is 6.32. The average molecular weight is 392 g/mol. The van der Waals surface area contributed by atoms with Crippen LogP contribution in [0.2, 0.25) is 0 Å². The van der Waals surface area contributed by atoms with Gasteiger partial charge >= 0.3 is 0 Å². The molecule has 1 heterocycles. The molecule has 0 saturated carbocycles. The minimum Gasteiger partial charge on any atom is -0.497 e. The number of ether oxygens (including phenoxy) is 3. The fourth-order valence-electron chi connectivity index (χ4n) is 2.59. The van der Waals surface area contributed by atoms with Crippen LogP contribution in [0.4, 0.5) is 0 Å². The summed E-state index contributed by atoms with van der Waals surface area (Å²) in [5, 5.41) is 3.01. The summed E-state index contributed by atoms with van der Waals surface area (Å²) in [7, 11) is 1.59. The molecule has 2 aromatic rings. The number of carbonyl (C=O) groups is 1. The third-order valence-electron chi connectivity index (χ3n) is 3.76. The maximum absolute atomic E-state index is 12.2. The second-order valence-electron chi connectivity index (χ2n) is 5.41. The van der Waals surface area contributed by atoms with Crippen LogP contribution in [0.1, 0.15) is 18.0 Å². The molecule has 1 aliphatic rings. The van der Waals surface area contributed by atoms with Gasteiger partial charge in [0.25, 0.3) is 5.91 Å². The zero-order chi connectivity index (χ0) is 16.9. The number of fused-ring (bicyclic) bond motifs is 1. The molecule has 1 N–H and O–H groups in total. The average Bonchev–Trinajstić information content (AvgIpc) is 2.61. The third-order valence-corrected chi connectivity index (χ3v) is 4.25. The van der Waals surface area contributed by atoms with Crippen LogP contribution in [0.3, 0.4) is 0 Å². The molecule has 1 aliphatic heterocycles. The molecule has 2 aromatic carbocycles. The van der Waals surface area contributed by atoms with Crippen molar-refractivity contribution in [2.24, 2.45) is 0 Å². The predicted octanol–water partition coefficient (Wildman–Crippen LogP) is 3.48. The van der Waals surface area contributed by atoms with E-state index < -0.39 is 0 Å². The zero-order valence-corrected chi connectivity index (χ0v) is 14.8. The first kappa shape index (κ1) is 16.6. The van der Waals surface area contributed by atoms with Gasteiger partial charge in [-0.25, -0.2) is 0 Å². The fourth-order valence-corrected chi connectivity index (χ4v) is 2.97. The van der Waals surface area contributed by atoms with Gasteiger partial charge in [-0.15, -0.1) is 0 Å². The van der Waals surface area contributed by atoms with Crippen LogP contribution < -0.4 is 19.5 Å². The fraction of sp³-hybridized carbons (Fsp3) is 0.278. The van der Waals surface area contributed by atoms with Crippen molar-refractivity contribution in [2.75, 3.05) is 20.3 Å². The molecule has 0 aliphatic carbocycles. The number of amides is 1. The van der Waals surface area contributed by atoms with Gasteiger partial charge in [-0.05, 0) is 30.3 Å². The molecule has 0 bridgehead atoms. The summed E-state index contributed by atoms with van der Waals surface area (Å²) >= 11 is 3.45. The quantitative estimate of drug-likeness (QED) is 0.847. The molecule has 0 spiro atoms. The number of rotatable bonds is 5. The van der Waals surface area contributed by atoms with Gasteiger partial charge in [0, 0.05) is 22.5 Å². The highest BCUT2D eigenvalue weighted by atomic mass is 79.9. The van der Waals surface area contributed by atoms with Gasteiger partial charge in [-0.1, -0.05) is 22.0 Å². The maximum atomic E-state index is 12.2. The summed E-state index contributed by atoms with van der Waals surface area (Å²) in [4.78, 5) is 12.2. The molecular formula is C18H18BrNO4. The molecule has 0 saturated heterocycles. The van der Waals surface area contributed by atoms with Crippen LogP contribution in [0.15, 0.2) is 46.9 Å². The second kappa shape index (κ2) is 7.57. The number of benzene rings is 2. The summed E-state index contributed by atoms with van der Waals surface area (Å²) in [6.45, 7) is 0.532. The molecule has 3 rings (SSSR count). The maximum Gasteiger partial charge on any atom is 0.258 e. The van der Waals surface area contributed by atoms with Crippen molar-refractivity contribution in [2.45, 2.75) is 12.5 Å². The van der Waals surface area contributed by atoms with Crippen molar-refractivity contribution in [3.63, 3.8) is 0 Å². The van der Waals surface area contributed by atoms with Gasteiger partial charge < -0.3 is 19.5 Å². The molecule has 24 heavy (non-hydrogen) atoms. The van der Waals surface area contributed by atoms with Crippen molar-refractivity contribution in [1.29, 1.82) is 0 Å². The van der Waals surface area contributed by atoms with Crippen molar-refractivity contribution >= 4 is 21.8 Å². The lowest BCUT2D eigenvalue weighted by Crippen LogP contribution is -2.35. The minimum absolute atomic E-state index is 0.0478. The first-order valence-corrected chi connectivity index (χ1v) is 8.43.